The number of carbonyl (C=O) groups excluding carboxylic acids is 1. The second kappa shape index (κ2) is 5.81. The molecule has 116 valence electrons. The summed E-state index contributed by atoms with van der Waals surface area (Å²) in [6.45, 7) is 6.30. The molecule has 0 saturated carbocycles. The maximum absolute atomic E-state index is 11.8. The van der Waals surface area contributed by atoms with Crippen LogP contribution in [0.1, 0.15) is 38.8 Å². The topological polar surface area (TPSA) is 79.8 Å². The molecular formula is C15H22N2O4. The molecule has 1 saturated heterocycles. The number of nitrogens with one attached hydrogen (secondary N) is 2. The third-order valence-electron chi connectivity index (χ3n) is 3.18. The van der Waals surface area contributed by atoms with Crippen molar-refractivity contribution in [3.63, 3.8) is 0 Å². The van der Waals surface area contributed by atoms with Crippen molar-refractivity contribution in [1.82, 2.24) is 5.32 Å². The maximum atomic E-state index is 11.8. The van der Waals surface area contributed by atoms with Crippen LogP contribution in [0.2, 0.25) is 0 Å². The third kappa shape index (κ3) is 3.78. The highest BCUT2D eigenvalue weighted by Crippen LogP contribution is 2.39. The monoisotopic (exact) mass is 294 g/mol. The van der Waals surface area contributed by atoms with Crippen molar-refractivity contribution in [1.29, 1.82) is 0 Å². The number of hydrogen-bond acceptors (Lipinski definition) is 5. The molecule has 1 aromatic rings. The molecule has 3 N–H and O–H groups in total. The van der Waals surface area contributed by atoms with E-state index in [0.717, 1.165) is 18.5 Å². The minimum Gasteiger partial charge on any atom is -0.503 e. The predicted octanol–water partition coefficient (Wildman–Crippen LogP) is 2.78. The molecule has 1 atom stereocenters. The number of phenols is 1. The molecule has 0 spiro atoms. The van der Waals surface area contributed by atoms with Crippen LogP contribution in [-0.2, 0) is 4.74 Å². The van der Waals surface area contributed by atoms with Gasteiger partial charge in [0.1, 0.15) is 5.60 Å². The Bertz CT molecular complexity index is 533. The minimum absolute atomic E-state index is 0.105. The van der Waals surface area contributed by atoms with Gasteiger partial charge in [0, 0.05) is 6.04 Å². The molecule has 1 heterocycles. The molecular weight excluding hydrogens is 272 g/mol. The summed E-state index contributed by atoms with van der Waals surface area (Å²) in [5.74, 6) is 0.221. The van der Waals surface area contributed by atoms with E-state index >= 15 is 0 Å². The van der Waals surface area contributed by atoms with Crippen LogP contribution in [0, 0.1) is 0 Å². The van der Waals surface area contributed by atoms with Crippen molar-refractivity contribution in [2.75, 3.05) is 19.0 Å². The Hall–Kier alpha value is -1.95. The van der Waals surface area contributed by atoms with Gasteiger partial charge in [-0.2, -0.15) is 0 Å². The van der Waals surface area contributed by atoms with E-state index in [1.54, 1.807) is 32.9 Å². The Morgan fingerprint density at radius 1 is 1.43 bits per heavy atom. The number of rotatable bonds is 3. The van der Waals surface area contributed by atoms with Crippen LogP contribution in [0.3, 0.4) is 0 Å². The minimum atomic E-state index is -0.612. The fourth-order valence-electron chi connectivity index (χ4n) is 2.07. The molecule has 1 aliphatic rings. The van der Waals surface area contributed by atoms with E-state index in [-0.39, 0.29) is 17.5 Å². The van der Waals surface area contributed by atoms with Gasteiger partial charge in [0.15, 0.2) is 11.5 Å². The van der Waals surface area contributed by atoms with E-state index in [1.807, 2.05) is 0 Å². The highest BCUT2D eigenvalue weighted by molar-refractivity contribution is 5.88. The standard InChI is InChI=1S/C15H22N2O4/c1-15(2,3)21-14(19)17-11-7-9(10-5-6-16-10)8-12(20-4)13(11)18/h7-8,10,16,18H,5-6H2,1-4H3,(H,17,19). The number of methoxy groups -OCH3 is 1. The van der Waals surface area contributed by atoms with Gasteiger partial charge in [0.05, 0.1) is 12.8 Å². The average Bonchev–Trinajstić information content (AvgIpc) is 2.28. The number of carbonyl (C=O) groups is 1. The van der Waals surface area contributed by atoms with Crippen molar-refractivity contribution >= 4 is 11.8 Å². The molecule has 1 unspecified atom stereocenters. The zero-order valence-corrected chi connectivity index (χ0v) is 12.8. The summed E-state index contributed by atoms with van der Waals surface area (Å²) in [5.41, 5.74) is 0.644. The molecule has 6 nitrogen and oxygen atoms in total. The second-order valence-corrected chi connectivity index (χ2v) is 6.04. The quantitative estimate of drug-likeness (QED) is 0.747. The lowest BCUT2D eigenvalue weighted by molar-refractivity contribution is 0.0635. The summed E-state index contributed by atoms with van der Waals surface area (Å²) in [4.78, 5) is 11.8. The molecule has 0 aliphatic carbocycles. The second-order valence-electron chi connectivity index (χ2n) is 6.04. The van der Waals surface area contributed by atoms with Gasteiger partial charge < -0.3 is 19.9 Å². The zero-order chi connectivity index (χ0) is 15.6. The van der Waals surface area contributed by atoms with Gasteiger partial charge in [-0.25, -0.2) is 4.79 Å². The Kier molecular flexibility index (Phi) is 4.27. The first-order chi connectivity index (χ1) is 9.80. The Balaban J connectivity index is 2.22. The molecule has 2 rings (SSSR count). The van der Waals surface area contributed by atoms with Crippen molar-refractivity contribution in [2.24, 2.45) is 0 Å². The zero-order valence-electron chi connectivity index (χ0n) is 12.8. The molecule has 1 amide bonds. The van der Waals surface area contributed by atoms with Crippen LogP contribution >= 0.6 is 0 Å². The smallest absolute Gasteiger partial charge is 0.412 e. The van der Waals surface area contributed by atoms with Crippen LogP contribution in [0.25, 0.3) is 0 Å². The molecule has 1 aromatic carbocycles. The van der Waals surface area contributed by atoms with Crippen LogP contribution in [-0.4, -0.2) is 30.5 Å². The van der Waals surface area contributed by atoms with Crippen molar-refractivity contribution in [3.8, 4) is 11.5 Å². The van der Waals surface area contributed by atoms with Crippen molar-refractivity contribution in [3.05, 3.63) is 17.7 Å². The third-order valence-corrected chi connectivity index (χ3v) is 3.18. The molecule has 0 aromatic heterocycles. The first-order valence-electron chi connectivity index (χ1n) is 6.94. The van der Waals surface area contributed by atoms with E-state index in [1.165, 1.54) is 7.11 Å². The first kappa shape index (κ1) is 15.4. The number of hydrogen-bond donors (Lipinski definition) is 3. The molecule has 6 heteroatoms. The van der Waals surface area contributed by atoms with Gasteiger partial charge in [-0.1, -0.05) is 0 Å². The largest absolute Gasteiger partial charge is 0.503 e. The molecule has 1 aliphatic heterocycles. The van der Waals surface area contributed by atoms with Gasteiger partial charge >= 0.3 is 6.09 Å². The Labute approximate surface area is 124 Å². The molecule has 0 radical (unpaired) electrons. The van der Waals surface area contributed by atoms with Crippen molar-refractivity contribution < 1.29 is 19.4 Å². The van der Waals surface area contributed by atoms with E-state index in [4.69, 9.17) is 9.47 Å². The lowest BCUT2D eigenvalue weighted by Crippen LogP contribution is -2.35. The van der Waals surface area contributed by atoms with Crippen LogP contribution < -0.4 is 15.4 Å². The average molecular weight is 294 g/mol. The summed E-state index contributed by atoms with van der Waals surface area (Å²) in [6.07, 6.45) is 0.401. The summed E-state index contributed by atoms with van der Waals surface area (Å²) < 4.78 is 10.4. The SMILES string of the molecule is COc1cc(C2CCN2)cc(NC(=O)OC(C)(C)C)c1O. The molecule has 0 bridgehead atoms. The number of anilines is 1. The van der Waals surface area contributed by atoms with Crippen molar-refractivity contribution in [2.45, 2.75) is 38.8 Å². The highest BCUT2D eigenvalue weighted by atomic mass is 16.6. The summed E-state index contributed by atoms with van der Waals surface area (Å²) in [6, 6.07) is 3.73. The number of ether oxygens (including phenoxy) is 2. The fourth-order valence-corrected chi connectivity index (χ4v) is 2.07. The molecule has 21 heavy (non-hydrogen) atoms. The summed E-state index contributed by atoms with van der Waals surface area (Å²) >= 11 is 0. The van der Waals surface area contributed by atoms with Gasteiger partial charge in [-0.15, -0.1) is 0 Å². The molecule has 1 fully saturated rings. The number of phenolic OH excluding ortho intramolecular Hbond substituents is 1. The van der Waals surface area contributed by atoms with E-state index in [0.29, 0.717) is 5.75 Å². The maximum Gasteiger partial charge on any atom is 0.412 e. The number of benzene rings is 1. The normalized spacial score (nSPS) is 17.8. The lowest BCUT2D eigenvalue weighted by Gasteiger charge is -2.29. The Morgan fingerprint density at radius 2 is 2.10 bits per heavy atom. The van der Waals surface area contributed by atoms with E-state index < -0.39 is 11.7 Å². The summed E-state index contributed by atoms with van der Waals surface area (Å²) in [5, 5.41) is 16.0. The van der Waals surface area contributed by atoms with Gasteiger partial charge in [-0.3, -0.25) is 5.32 Å². The number of amides is 1. The van der Waals surface area contributed by atoms with Crippen LogP contribution in [0.5, 0.6) is 11.5 Å². The van der Waals surface area contributed by atoms with Crippen LogP contribution in [0.15, 0.2) is 12.1 Å². The van der Waals surface area contributed by atoms with Crippen LogP contribution in [0.4, 0.5) is 10.5 Å². The van der Waals surface area contributed by atoms with E-state index in [2.05, 4.69) is 10.6 Å². The predicted molar refractivity (Wildman–Crippen MR) is 79.9 cm³/mol. The van der Waals surface area contributed by atoms with Gasteiger partial charge in [0.2, 0.25) is 0 Å². The first-order valence-corrected chi connectivity index (χ1v) is 6.94. The number of aromatic hydroxyl groups is 1. The summed E-state index contributed by atoms with van der Waals surface area (Å²) in [7, 11) is 1.48. The Morgan fingerprint density at radius 3 is 2.57 bits per heavy atom. The fraction of sp³-hybridized carbons (Fsp3) is 0.533. The highest BCUT2D eigenvalue weighted by Gasteiger charge is 2.23. The van der Waals surface area contributed by atoms with E-state index in [9.17, 15) is 9.90 Å². The van der Waals surface area contributed by atoms with Gasteiger partial charge in [-0.05, 0) is 51.4 Å². The lowest BCUT2D eigenvalue weighted by atomic mass is 9.97. The van der Waals surface area contributed by atoms with Gasteiger partial charge in [0.25, 0.3) is 0 Å².